The van der Waals surface area contributed by atoms with Gasteiger partial charge in [0.1, 0.15) is 5.82 Å². The molecule has 3 rings (SSSR count). The quantitative estimate of drug-likeness (QED) is 0.763. The number of aromatic nitrogens is 3. The smallest absolute Gasteiger partial charge is 0.323 e. The SMILES string of the molecule is COc1ncc(NC(=O)Nc2cccc(F)c2)cc1-c1ccnn1C. The van der Waals surface area contributed by atoms with Crippen LogP contribution in [0.1, 0.15) is 0 Å². The summed E-state index contributed by atoms with van der Waals surface area (Å²) in [4.78, 5) is 16.3. The molecule has 3 aromatic rings. The van der Waals surface area contributed by atoms with Gasteiger partial charge in [-0.3, -0.25) is 4.68 Å². The van der Waals surface area contributed by atoms with Crippen LogP contribution in [0, 0.1) is 5.82 Å². The molecule has 0 radical (unpaired) electrons. The fourth-order valence-electron chi connectivity index (χ4n) is 2.36. The molecular formula is C17H16FN5O2. The molecule has 2 heterocycles. The van der Waals surface area contributed by atoms with Crippen LogP contribution in [0.5, 0.6) is 5.88 Å². The average Bonchev–Trinajstić information content (AvgIpc) is 3.00. The molecule has 2 aromatic heterocycles. The van der Waals surface area contributed by atoms with Gasteiger partial charge in [-0.15, -0.1) is 0 Å². The van der Waals surface area contributed by atoms with E-state index in [1.807, 2.05) is 6.07 Å². The van der Waals surface area contributed by atoms with Crippen LogP contribution >= 0.6 is 0 Å². The Kier molecular flexibility index (Phi) is 4.60. The number of carbonyl (C=O) groups excluding carboxylic acids is 1. The van der Waals surface area contributed by atoms with Gasteiger partial charge in [0.2, 0.25) is 5.88 Å². The number of methoxy groups -OCH3 is 1. The molecular weight excluding hydrogens is 325 g/mol. The largest absolute Gasteiger partial charge is 0.481 e. The Bertz CT molecular complexity index is 910. The highest BCUT2D eigenvalue weighted by molar-refractivity contribution is 6.00. The molecule has 0 saturated carbocycles. The number of aryl methyl sites for hydroxylation is 1. The number of amides is 2. The van der Waals surface area contributed by atoms with E-state index in [1.54, 1.807) is 30.1 Å². The summed E-state index contributed by atoms with van der Waals surface area (Å²) in [6, 6.07) is 8.68. The van der Waals surface area contributed by atoms with E-state index < -0.39 is 11.8 Å². The Hall–Kier alpha value is -3.42. The first kappa shape index (κ1) is 16.4. The molecule has 0 aliphatic heterocycles. The van der Waals surface area contributed by atoms with Gasteiger partial charge in [-0.1, -0.05) is 6.07 Å². The van der Waals surface area contributed by atoms with Crippen molar-refractivity contribution < 1.29 is 13.9 Å². The third-order valence-corrected chi connectivity index (χ3v) is 3.48. The second kappa shape index (κ2) is 7.00. The fourth-order valence-corrected chi connectivity index (χ4v) is 2.36. The molecule has 0 aliphatic rings. The number of nitrogens with zero attached hydrogens (tertiary/aromatic N) is 3. The summed E-state index contributed by atoms with van der Waals surface area (Å²) in [6.07, 6.45) is 3.13. The van der Waals surface area contributed by atoms with Crippen molar-refractivity contribution in [1.82, 2.24) is 14.8 Å². The topological polar surface area (TPSA) is 81.1 Å². The number of anilines is 2. The molecule has 2 amide bonds. The summed E-state index contributed by atoms with van der Waals surface area (Å²) in [5, 5.41) is 9.34. The summed E-state index contributed by atoms with van der Waals surface area (Å²) >= 11 is 0. The van der Waals surface area contributed by atoms with Crippen molar-refractivity contribution >= 4 is 17.4 Å². The van der Waals surface area contributed by atoms with Gasteiger partial charge in [-0.25, -0.2) is 14.2 Å². The van der Waals surface area contributed by atoms with Crippen molar-refractivity contribution in [1.29, 1.82) is 0 Å². The van der Waals surface area contributed by atoms with Gasteiger partial charge >= 0.3 is 6.03 Å². The number of ether oxygens (including phenoxy) is 1. The zero-order valence-corrected chi connectivity index (χ0v) is 13.7. The van der Waals surface area contributed by atoms with E-state index in [1.165, 1.54) is 31.5 Å². The van der Waals surface area contributed by atoms with Crippen LogP contribution in [0.3, 0.4) is 0 Å². The molecule has 0 bridgehead atoms. The molecule has 2 N–H and O–H groups in total. The van der Waals surface area contributed by atoms with Crippen molar-refractivity contribution in [3.63, 3.8) is 0 Å². The zero-order valence-electron chi connectivity index (χ0n) is 13.7. The van der Waals surface area contributed by atoms with Gasteiger partial charge in [-0.2, -0.15) is 5.10 Å². The van der Waals surface area contributed by atoms with E-state index >= 15 is 0 Å². The van der Waals surface area contributed by atoms with Crippen LogP contribution in [-0.2, 0) is 7.05 Å². The molecule has 0 saturated heterocycles. The predicted octanol–water partition coefficient (Wildman–Crippen LogP) is 3.27. The monoisotopic (exact) mass is 341 g/mol. The van der Waals surface area contributed by atoms with E-state index in [9.17, 15) is 9.18 Å². The number of urea groups is 1. The zero-order chi connectivity index (χ0) is 17.8. The third kappa shape index (κ3) is 3.74. The number of hydrogen-bond acceptors (Lipinski definition) is 4. The summed E-state index contributed by atoms with van der Waals surface area (Å²) in [7, 11) is 3.32. The van der Waals surface area contributed by atoms with Gasteiger partial charge in [0.15, 0.2) is 0 Å². The number of benzene rings is 1. The average molecular weight is 341 g/mol. The molecule has 0 spiro atoms. The lowest BCUT2D eigenvalue weighted by Gasteiger charge is -2.11. The minimum Gasteiger partial charge on any atom is -0.481 e. The molecule has 7 nitrogen and oxygen atoms in total. The van der Waals surface area contributed by atoms with Crippen LogP contribution in [0.2, 0.25) is 0 Å². The van der Waals surface area contributed by atoms with Crippen LogP contribution in [-0.4, -0.2) is 27.9 Å². The maximum Gasteiger partial charge on any atom is 0.323 e. The second-order valence-electron chi connectivity index (χ2n) is 5.21. The molecule has 0 atom stereocenters. The minimum atomic E-state index is -0.506. The van der Waals surface area contributed by atoms with Gasteiger partial charge in [0.05, 0.1) is 30.3 Å². The fraction of sp³-hybridized carbons (Fsp3) is 0.118. The van der Waals surface area contributed by atoms with E-state index in [4.69, 9.17) is 4.74 Å². The van der Waals surface area contributed by atoms with Crippen molar-refractivity contribution in [3.05, 3.63) is 54.6 Å². The van der Waals surface area contributed by atoms with Gasteiger partial charge in [0.25, 0.3) is 0 Å². The summed E-state index contributed by atoms with van der Waals surface area (Å²) in [5.41, 5.74) is 2.29. The molecule has 0 aliphatic carbocycles. The number of carbonyl (C=O) groups is 1. The number of rotatable bonds is 4. The van der Waals surface area contributed by atoms with Gasteiger partial charge in [0, 0.05) is 18.9 Å². The summed E-state index contributed by atoms with van der Waals surface area (Å²) in [5.74, 6) is -0.0119. The Morgan fingerprint density at radius 1 is 1.20 bits per heavy atom. The Morgan fingerprint density at radius 3 is 2.68 bits per heavy atom. The standard InChI is InChI=1S/C17H16FN5O2/c1-23-15(6-7-20-23)14-9-13(10-19-16(14)25-2)22-17(24)21-12-5-3-4-11(18)8-12/h3-10H,1-2H3,(H2,21,22,24). The maximum atomic E-state index is 13.2. The highest BCUT2D eigenvalue weighted by atomic mass is 19.1. The lowest BCUT2D eigenvalue weighted by molar-refractivity contribution is 0.262. The van der Waals surface area contributed by atoms with Gasteiger partial charge < -0.3 is 15.4 Å². The third-order valence-electron chi connectivity index (χ3n) is 3.48. The number of pyridine rings is 1. The number of halogens is 1. The van der Waals surface area contributed by atoms with Crippen molar-refractivity contribution in [3.8, 4) is 17.1 Å². The van der Waals surface area contributed by atoms with E-state index in [-0.39, 0.29) is 0 Å². The number of nitrogens with one attached hydrogen (secondary N) is 2. The van der Waals surface area contributed by atoms with Crippen LogP contribution in [0.15, 0.2) is 48.8 Å². The molecule has 0 fully saturated rings. The molecule has 0 unspecified atom stereocenters. The van der Waals surface area contributed by atoms with Crippen molar-refractivity contribution in [2.24, 2.45) is 7.05 Å². The van der Waals surface area contributed by atoms with Crippen molar-refractivity contribution in [2.75, 3.05) is 17.7 Å². The molecule has 128 valence electrons. The van der Waals surface area contributed by atoms with Crippen LogP contribution in [0.4, 0.5) is 20.6 Å². The Morgan fingerprint density at radius 2 is 2.00 bits per heavy atom. The number of hydrogen-bond donors (Lipinski definition) is 2. The Labute approximate surface area is 143 Å². The summed E-state index contributed by atoms with van der Waals surface area (Å²) in [6.45, 7) is 0. The Balaban J connectivity index is 1.81. The lowest BCUT2D eigenvalue weighted by atomic mass is 10.2. The maximum absolute atomic E-state index is 13.2. The minimum absolute atomic E-state index is 0.353. The first-order valence-corrected chi connectivity index (χ1v) is 7.43. The predicted molar refractivity (Wildman–Crippen MR) is 92.0 cm³/mol. The highest BCUT2D eigenvalue weighted by Crippen LogP contribution is 2.29. The van der Waals surface area contributed by atoms with Crippen molar-refractivity contribution in [2.45, 2.75) is 0 Å². The highest BCUT2D eigenvalue weighted by Gasteiger charge is 2.13. The molecule has 1 aromatic carbocycles. The van der Waals surface area contributed by atoms with Gasteiger partial charge in [-0.05, 0) is 30.3 Å². The van der Waals surface area contributed by atoms with E-state index in [2.05, 4.69) is 20.7 Å². The van der Waals surface area contributed by atoms with E-state index in [0.717, 1.165) is 5.69 Å². The molecule has 8 heteroatoms. The molecule has 25 heavy (non-hydrogen) atoms. The van der Waals surface area contributed by atoms with Crippen LogP contribution in [0.25, 0.3) is 11.3 Å². The van der Waals surface area contributed by atoms with Crippen LogP contribution < -0.4 is 15.4 Å². The first-order valence-electron chi connectivity index (χ1n) is 7.43. The first-order chi connectivity index (χ1) is 12.1. The summed E-state index contributed by atoms with van der Waals surface area (Å²) < 4.78 is 20.1. The second-order valence-corrected chi connectivity index (χ2v) is 5.21. The normalized spacial score (nSPS) is 10.4. The lowest BCUT2D eigenvalue weighted by Crippen LogP contribution is -2.19. The van der Waals surface area contributed by atoms with E-state index in [0.29, 0.717) is 22.8 Å².